The predicted octanol–water partition coefficient (Wildman–Crippen LogP) is 3.89. The van der Waals surface area contributed by atoms with Crippen LogP contribution in [0.25, 0.3) is 0 Å². The first-order valence-electron chi connectivity index (χ1n) is 8.42. The zero-order valence-corrected chi connectivity index (χ0v) is 15.7. The molecular formula is C20H15FN2O5S. The minimum Gasteiger partial charge on any atom is -0.483 e. The molecule has 3 rings (SSSR count). The fourth-order valence-electron chi connectivity index (χ4n) is 2.65. The molecule has 1 heterocycles. The van der Waals surface area contributed by atoms with Gasteiger partial charge in [0, 0.05) is 17.0 Å². The molecular weight excluding hydrogens is 399 g/mol. The van der Waals surface area contributed by atoms with Crippen LogP contribution in [-0.2, 0) is 4.79 Å². The van der Waals surface area contributed by atoms with E-state index < -0.39 is 23.5 Å². The van der Waals surface area contributed by atoms with Gasteiger partial charge in [-0.05, 0) is 35.2 Å². The van der Waals surface area contributed by atoms with Crippen molar-refractivity contribution in [2.24, 2.45) is 0 Å². The van der Waals surface area contributed by atoms with Crippen LogP contribution in [0.4, 0.5) is 10.1 Å². The van der Waals surface area contributed by atoms with Gasteiger partial charge in [-0.25, -0.2) is 4.39 Å². The van der Waals surface area contributed by atoms with Crippen LogP contribution in [0.15, 0.2) is 60.0 Å². The van der Waals surface area contributed by atoms with Gasteiger partial charge in [-0.15, -0.1) is 11.3 Å². The molecule has 1 aromatic heterocycles. The lowest BCUT2D eigenvalue weighted by Crippen LogP contribution is -2.33. The molecule has 2 aromatic carbocycles. The highest BCUT2D eigenvalue weighted by atomic mass is 32.1. The third-order valence-electron chi connectivity index (χ3n) is 4.03. The lowest BCUT2D eigenvalue weighted by molar-refractivity contribution is -0.384. The number of nitro groups is 1. The van der Waals surface area contributed by atoms with Crippen LogP contribution >= 0.6 is 11.3 Å². The van der Waals surface area contributed by atoms with Crippen molar-refractivity contribution in [1.29, 1.82) is 0 Å². The van der Waals surface area contributed by atoms with Gasteiger partial charge in [0.2, 0.25) is 0 Å². The number of nitrogens with zero attached hydrogens (tertiary/aromatic N) is 1. The summed E-state index contributed by atoms with van der Waals surface area (Å²) in [6, 6.07) is 12.5. The summed E-state index contributed by atoms with van der Waals surface area (Å²) >= 11 is 1.44. The summed E-state index contributed by atoms with van der Waals surface area (Å²) in [7, 11) is 0. The number of rotatable bonds is 8. The molecule has 1 N–H and O–H groups in total. The molecule has 0 aliphatic heterocycles. The number of carbonyl (C=O) groups excluding carboxylic acids is 2. The summed E-state index contributed by atoms with van der Waals surface area (Å²) in [5.41, 5.74) is 0.421. The van der Waals surface area contributed by atoms with E-state index in [1.165, 1.54) is 35.6 Å². The topological polar surface area (TPSA) is 98.5 Å². The molecule has 0 radical (unpaired) electrons. The van der Waals surface area contributed by atoms with E-state index in [0.717, 1.165) is 10.9 Å². The van der Waals surface area contributed by atoms with E-state index >= 15 is 0 Å². The Balaban J connectivity index is 1.72. The second-order valence-electron chi connectivity index (χ2n) is 5.95. The molecule has 0 unspecified atom stereocenters. The summed E-state index contributed by atoms with van der Waals surface area (Å²) in [4.78, 5) is 34.6. The number of hydrogen-bond donors (Lipinski definition) is 1. The molecule has 0 aliphatic carbocycles. The molecule has 0 fully saturated rings. The van der Waals surface area contributed by atoms with E-state index in [1.54, 1.807) is 12.1 Å². The van der Waals surface area contributed by atoms with Crippen molar-refractivity contribution in [3.8, 4) is 5.75 Å². The molecule has 1 amide bonds. The van der Waals surface area contributed by atoms with Gasteiger partial charge in [0.15, 0.2) is 12.9 Å². The number of benzene rings is 2. The van der Waals surface area contributed by atoms with E-state index in [-0.39, 0.29) is 22.8 Å². The second-order valence-corrected chi connectivity index (χ2v) is 6.93. The number of aldehydes is 1. The monoisotopic (exact) mass is 414 g/mol. The molecule has 1 atom stereocenters. The third-order valence-corrected chi connectivity index (χ3v) is 4.96. The summed E-state index contributed by atoms with van der Waals surface area (Å²) in [5.74, 6) is -0.786. The van der Waals surface area contributed by atoms with Crippen molar-refractivity contribution < 1.29 is 23.6 Å². The minimum absolute atomic E-state index is 0.0275. The molecule has 7 nitrogen and oxygen atoms in total. The van der Waals surface area contributed by atoms with Gasteiger partial charge in [0.25, 0.3) is 11.6 Å². The summed E-state index contributed by atoms with van der Waals surface area (Å²) in [6.07, 6.45) is 0.424. The zero-order chi connectivity index (χ0) is 20.8. The van der Waals surface area contributed by atoms with Gasteiger partial charge < -0.3 is 10.1 Å². The predicted molar refractivity (Wildman–Crippen MR) is 105 cm³/mol. The van der Waals surface area contributed by atoms with Gasteiger partial charge in [0.05, 0.1) is 16.5 Å². The summed E-state index contributed by atoms with van der Waals surface area (Å²) in [5, 5.41) is 15.5. The minimum atomic E-state index is -0.627. The van der Waals surface area contributed by atoms with E-state index in [9.17, 15) is 24.1 Å². The Bertz CT molecular complexity index is 1020. The number of thiophene rings is 1. The lowest BCUT2D eigenvalue weighted by atomic mass is 10.1. The number of carbonyl (C=O) groups is 2. The van der Waals surface area contributed by atoms with Crippen LogP contribution in [-0.4, -0.2) is 23.7 Å². The number of non-ortho nitro benzene ring substituents is 1. The highest BCUT2D eigenvalue weighted by Gasteiger charge is 2.19. The van der Waals surface area contributed by atoms with Crippen molar-refractivity contribution >= 4 is 29.2 Å². The van der Waals surface area contributed by atoms with Crippen LogP contribution in [0.5, 0.6) is 5.75 Å². The number of hydrogen-bond acceptors (Lipinski definition) is 6. The second kappa shape index (κ2) is 9.07. The van der Waals surface area contributed by atoms with Gasteiger partial charge in [-0.3, -0.25) is 19.7 Å². The fourth-order valence-corrected chi connectivity index (χ4v) is 3.45. The van der Waals surface area contributed by atoms with Crippen molar-refractivity contribution in [3.63, 3.8) is 0 Å². The van der Waals surface area contributed by atoms with Crippen LogP contribution in [0.3, 0.4) is 0 Å². The highest BCUT2D eigenvalue weighted by molar-refractivity contribution is 7.10. The molecule has 0 saturated carbocycles. The largest absolute Gasteiger partial charge is 0.483 e. The van der Waals surface area contributed by atoms with Crippen molar-refractivity contribution in [2.75, 3.05) is 6.61 Å². The molecule has 0 spiro atoms. The van der Waals surface area contributed by atoms with Crippen LogP contribution < -0.4 is 10.1 Å². The maximum absolute atomic E-state index is 13.2. The SMILES string of the molecule is O=Cc1cc([N+](=O)[O-])ccc1OCC(=O)N[C@H](c1ccc(F)cc1)c1cccs1. The van der Waals surface area contributed by atoms with Crippen molar-refractivity contribution in [1.82, 2.24) is 5.32 Å². The Morgan fingerprint density at radius 2 is 2.00 bits per heavy atom. The van der Waals surface area contributed by atoms with Gasteiger partial charge >= 0.3 is 0 Å². The van der Waals surface area contributed by atoms with Gasteiger partial charge in [-0.2, -0.15) is 0 Å². The van der Waals surface area contributed by atoms with Gasteiger partial charge in [0.1, 0.15) is 11.6 Å². The van der Waals surface area contributed by atoms with Crippen molar-refractivity contribution in [2.45, 2.75) is 6.04 Å². The number of nitrogens with one attached hydrogen (secondary N) is 1. The van der Waals surface area contributed by atoms with E-state index in [0.29, 0.717) is 11.8 Å². The Hall–Kier alpha value is -3.59. The molecule has 3 aromatic rings. The quantitative estimate of drug-likeness (QED) is 0.343. The van der Waals surface area contributed by atoms with E-state index in [1.807, 2.05) is 17.5 Å². The van der Waals surface area contributed by atoms with Crippen LogP contribution in [0, 0.1) is 15.9 Å². The first-order chi connectivity index (χ1) is 14.0. The average molecular weight is 414 g/mol. The maximum Gasteiger partial charge on any atom is 0.270 e. The standard InChI is InChI=1S/C20H15FN2O5S/c21-15-5-3-13(4-6-15)20(18-2-1-9-29-18)22-19(25)12-28-17-8-7-16(23(26)27)10-14(17)11-24/h1-11,20H,12H2,(H,22,25)/t20-/m1/s1. The normalized spacial score (nSPS) is 11.5. The molecule has 0 saturated heterocycles. The summed E-state index contributed by atoms with van der Waals surface area (Å²) < 4.78 is 18.6. The average Bonchev–Trinajstić information content (AvgIpc) is 3.25. The van der Waals surface area contributed by atoms with Crippen LogP contribution in [0.2, 0.25) is 0 Å². The Kier molecular flexibility index (Phi) is 6.30. The number of ether oxygens (including phenoxy) is 1. The van der Waals surface area contributed by atoms with Crippen molar-refractivity contribution in [3.05, 3.63) is 91.9 Å². The molecule has 0 bridgehead atoms. The molecule has 9 heteroatoms. The lowest BCUT2D eigenvalue weighted by Gasteiger charge is -2.18. The van der Waals surface area contributed by atoms with Crippen LogP contribution in [0.1, 0.15) is 26.8 Å². The van der Waals surface area contributed by atoms with E-state index in [2.05, 4.69) is 5.32 Å². The van der Waals surface area contributed by atoms with Gasteiger partial charge in [-0.1, -0.05) is 18.2 Å². The Morgan fingerprint density at radius 3 is 2.62 bits per heavy atom. The molecule has 0 aliphatic rings. The fraction of sp³-hybridized carbons (Fsp3) is 0.100. The number of amides is 1. The highest BCUT2D eigenvalue weighted by Crippen LogP contribution is 2.27. The first kappa shape index (κ1) is 20.2. The smallest absolute Gasteiger partial charge is 0.270 e. The molecule has 29 heavy (non-hydrogen) atoms. The first-order valence-corrected chi connectivity index (χ1v) is 9.30. The zero-order valence-electron chi connectivity index (χ0n) is 14.9. The number of halogens is 1. The van der Waals surface area contributed by atoms with E-state index in [4.69, 9.17) is 4.74 Å². The maximum atomic E-state index is 13.2. The molecule has 148 valence electrons. The number of nitro benzene ring substituents is 1. The third kappa shape index (κ3) is 5.02. The Morgan fingerprint density at radius 1 is 1.24 bits per heavy atom. The Labute approximate surface area is 168 Å². The summed E-state index contributed by atoms with van der Waals surface area (Å²) in [6.45, 7) is -0.401.